The Bertz CT molecular complexity index is 2120. The predicted molar refractivity (Wildman–Crippen MR) is 263 cm³/mol. The van der Waals surface area contributed by atoms with Gasteiger partial charge in [0.2, 0.25) is 28.8 Å². The number of halogens is 1. The van der Waals surface area contributed by atoms with Crippen molar-refractivity contribution in [1.82, 2.24) is 24.6 Å². The summed E-state index contributed by atoms with van der Waals surface area (Å²) in [5.41, 5.74) is 0.408. The number of likely N-dealkylation sites (tertiary alicyclic amines) is 1. The number of nitrogens with zero attached hydrogens (tertiary/aromatic N) is 1. The number of carbonyl (C=O) groups is 3. The van der Waals surface area contributed by atoms with Crippen molar-refractivity contribution in [2.45, 2.75) is 121 Å². The molecule has 2 heterocycles. The Labute approximate surface area is 389 Å². The van der Waals surface area contributed by atoms with Crippen LogP contribution >= 0.6 is 11.6 Å². The van der Waals surface area contributed by atoms with Gasteiger partial charge in [0.05, 0.1) is 22.6 Å². The van der Waals surface area contributed by atoms with Crippen LogP contribution in [0.25, 0.3) is 10.8 Å². The third-order valence-electron chi connectivity index (χ3n) is 8.98. The summed E-state index contributed by atoms with van der Waals surface area (Å²) in [5, 5.41) is 8.41. The monoisotopic (exact) mass is 942 g/mol. The summed E-state index contributed by atoms with van der Waals surface area (Å²) in [6.45, 7) is 20.8. The molecule has 14 nitrogen and oxygen atoms in total. The first-order chi connectivity index (χ1) is 30.2. The van der Waals surface area contributed by atoms with Crippen LogP contribution in [0.2, 0.25) is 5.02 Å². The lowest BCUT2D eigenvalue weighted by molar-refractivity contribution is -0.131. The van der Waals surface area contributed by atoms with Crippen molar-refractivity contribution in [1.29, 1.82) is 0 Å². The maximum absolute atomic E-state index is 12.2. The number of amides is 3. The van der Waals surface area contributed by atoms with Crippen molar-refractivity contribution < 1.29 is 31.7 Å². The van der Waals surface area contributed by atoms with Gasteiger partial charge in [-0.25, -0.2) is 17.3 Å². The van der Waals surface area contributed by atoms with Crippen LogP contribution in [0.1, 0.15) is 87.0 Å². The van der Waals surface area contributed by atoms with Crippen LogP contribution in [0.5, 0.6) is 5.75 Å². The SMILES string of the molecule is C#C.C#C.C#C.C=C.CC(Nc1ccc(S(=O)(=O)NC(C)(C)C)cc1)C(C)(C)C.COc1c[nH]c(=O)c2cc(Cl)ccc12.O=CN1CCC[C@H]1C(=O)NC1CC1.O=CNS(=O)C1CC1. The first-order valence-electron chi connectivity index (χ1n) is 20.1. The summed E-state index contributed by atoms with van der Waals surface area (Å²) < 4.78 is 44.9. The third-order valence-corrected chi connectivity index (χ3v) is 12.4. The number of terminal acetylenes is 3. The Hall–Kier alpha value is -5.57. The highest BCUT2D eigenvalue weighted by molar-refractivity contribution is 7.89. The molecule has 352 valence electrons. The molecule has 3 aliphatic rings. The topological polar surface area (TPSA) is 196 Å². The number of H-pyrrole nitrogens is 1. The average molecular weight is 944 g/mol. The highest BCUT2D eigenvalue weighted by Crippen LogP contribution is 2.26. The molecular formula is C47H67ClN6O8S2. The van der Waals surface area contributed by atoms with Crippen LogP contribution in [0, 0.1) is 44.0 Å². The van der Waals surface area contributed by atoms with Gasteiger partial charge in [-0.15, -0.1) is 51.7 Å². The Morgan fingerprint density at radius 2 is 1.50 bits per heavy atom. The maximum atomic E-state index is 12.2. The van der Waals surface area contributed by atoms with Gasteiger partial charge in [0.15, 0.2) is 0 Å². The Morgan fingerprint density at radius 1 is 0.938 bits per heavy atom. The predicted octanol–water partition coefficient (Wildman–Crippen LogP) is 6.79. The fourth-order valence-electron chi connectivity index (χ4n) is 5.18. The molecule has 3 fully saturated rings. The van der Waals surface area contributed by atoms with Crippen LogP contribution in [-0.4, -0.2) is 83.8 Å². The zero-order valence-corrected chi connectivity index (χ0v) is 40.7. The normalized spacial score (nSPS) is 15.6. The van der Waals surface area contributed by atoms with Gasteiger partial charge < -0.3 is 25.3 Å². The first kappa shape index (κ1) is 60.5. The number of fused-ring (bicyclic) bond motifs is 1. The average Bonchev–Trinajstić information content (AvgIpc) is 4.22. The van der Waals surface area contributed by atoms with Crippen molar-refractivity contribution in [3.8, 4) is 44.3 Å². The quantitative estimate of drug-likeness (QED) is 0.0781. The molecule has 6 rings (SSSR count). The molecule has 3 amide bonds. The fourth-order valence-corrected chi connectivity index (χ4v) is 7.62. The minimum atomic E-state index is -3.47. The number of hydrogen-bond donors (Lipinski definition) is 5. The minimum absolute atomic E-state index is 0.0344. The Kier molecular flexibility index (Phi) is 28.8. The number of anilines is 1. The number of rotatable bonds is 11. The molecule has 3 aromatic rings. The second-order valence-corrected chi connectivity index (χ2v) is 19.6. The number of benzene rings is 2. The van der Waals surface area contributed by atoms with Crippen molar-refractivity contribution in [3.63, 3.8) is 0 Å². The van der Waals surface area contributed by atoms with E-state index in [0.717, 1.165) is 62.6 Å². The summed E-state index contributed by atoms with van der Waals surface area (Å²) in [4.78, 5) is 47.7. The van der Waals surface area contributed by atoms with Gasteiger partial charge in [0, 0.05) is 46.5 Å². The van der Waals surface area contributed by atoms with E-state index in [1.807, 2.05) is 20.8 Å². The summed E-state index contributed by atoms with van der Waals surface area (Å²) in [6.07, 6.45) is 32.7. The van der Waals surface area contributed by atoms with Gasteiger partial charge in [-0.1, -0.05) is 32.4 Å². The number of aromatic nitrogens is 1. The number of aromatic amines is 1. The second-order valence-electron chi connectivity index (χ2n) is 16.0. The van der Waals surface area contributed by atoms with Crippen LogP contribution in [0.4, 0.5) is 5.69 Å². The van der Waals surface area contributed by atoms with Gasteiger partial charge in [0.1, 0.15) is 22.8 Å². The highest BCUT2D eigenvalue weighted by Gasteiger charge is 2.33. The molecule has 1 aliphatic heterocycles. The number of pyridine rings is 1. The summed E-state index contributed by atoms with van der Waals surface area (Å²) in [7, 11) is -2.99. The number of sulfonamides is 1. The molecule has 0 bridgehead atoms. The van der Waals surface area contributed by atoms with Crippen LogP contribution in [0.15, 0.2) is 71.5 Å². The molecule has 2 aliphatic carbocycles. The lowest BCUT2D eigenvalue weighted by Crippen LogP contribution is -2.43. The lowest BCUT2D eigenvalue weighted by Gasteiger charge is -2.29. The highest BCUT2D eigenvalue weighted by atomic mass is 35.5. The summed E-state index contributed by atoms with van der Waals surface area (Å²) in [5.74, 6) is 0.670. The smallest absolute Gasteiger partial charge is 0.256 e. The van der Waals surface area contributed by atoms with E-state index in [2.05, 4.69) is 104 Å². The maximum Gasteiger partial charge on any atom is 0.256 e. The van der Waals surface area contributed by atoms with E-state index in [4.69, 9.17) is 16.3 Å². The third kappa shape index (κ3) is 22.7. The lowest BCUT2D eigenvalue weighted by atomic mass is 9.88. The minimum Gasteiger partial charge on any atom is -0.495 e. The second kappa shape index (κ2) is 30.5. The molecule has 1 saturated heterocycles. The van der Waals surface area contributed by atoms with Gasteiger partial charge in [-0.2, -0.15) is 0 Å². The Morgan fingerprint density at radius 3 is 1.95 bits per heavy atom. The van der Waals surface area contributed by atoms with E-state index < -0.39 is 26.5 Å². The number of ether oxygens (including phenoxy) is 1. The first-order valence-corrected chi connectivity index (χ1v) is 23.1. The van der Waals surface area contributed by atoms with Gasteiger partial charge in [-0.05, 0) is 114 Å². The Balaban J connectivity index is 0. The molecule has 3 atom stereocenters. The number of methoxy groups -OCH3 is 1. The molecule has 5 N–H and O–H groups in total. The molecule has 17 heteroatoms. The molecule has 2 unspecified atom stereocenters. The van der Waals surface area contributed by atoms with Crippen LogP contribution < -0.4 is 30.4 Å². The van der Waals surface area contributed by atoms with Gasteiger partial charge in [0.25, 0.3) is 5.56 Å². The molecular weight excluding hydrogens is 876 g/mol. The van der Waals surface area contributed by atoms with E-state index in [1.165, 1.54) is 0 Å². The standard InChI is InChI=1S/C16H28N2O2S.C10H8ClNO2.C9H14N2O2.C4H7NO2S.C2H4.3C2H2/c1-12(15(2,3)4)17-13-8-10-14(11-9-13)21(19,20)18-16(5,6)7;1-14-9-5-12-10(13)8-4-6(11)2-3-7(8)9;12-6-11-5-1-2-8(11)9(13)10-7-3-4-7;6-3-5-8(7)4-1-2-4;4*1-2/h8-12,17-18H,1-7H3;2-5H,1H3,(H,12,13);6-8H,1-5H2,(H,10,13);3-4H,1-2H2,(H,5,6);1-2H2;3*1-2H/t;;8-;;;;;/m..0...../s1. The van der Waals surface area contributed by atoms with Crippen LogP contribution in [-0.2, 0) is 35.4 Å². The fraction of sp³-hybridized carbons (Fsp3) is 0.447. The summed E-state index contributed by atoms with van der Waals surface area (Å²) in [6, 6.07) is 12.5. The zero-order valence-electron chi connectivity index (χ0n) is 38.3. The van der Waals surface area contributed by atoms with E-state index in [9.17, 15) is 31.8 Å². The van der Waals surface area contributed by atoms with E-state index >= 15 is 0 Å². The summed E-state index contributed by atoms with van der Waals surface area (Å²) >= 11 is 5.79. The van der Waals surface area contributed by atoms with E-state index in [-0.39, 0.29) is 39.1 Å². The number of nitrogens with one attached hydrogen (secondary N) is 5. The molecule has 0 radical (unpaired) electrons. The largest absolute Gasteiger partial charge is 0.495 e. The van der Waals surface area contributed by atoms with Crippen molar-refractivity contribution in [3.05, 3.63) is 77.2 Å². The molecule has 64 heavy (non-hydrogen) atoms. The molecule has 1 aromatic heterocycles. The van der Waals surface area contributed by atoms with E-state index in [0.29, 0.717) is 28.6 Å². The molecule has 2 aromatic carbocycles. The number of carbonyl (C=O) groups excluding carboxylic acids is 3. The molecule has 2 saturated carbocycles. The van der Waals surface area contributed by atoms with Gasteiger partial charge >= 0.3 is 0 Å². The van der Waals surface area contributed by atoms with E-state index in [1.54, 1.807) is 60.7 Å². The van der Waals surface area contributed by atoms with Crippen molar-refractivity contribution in [2.75, 3.05) is 19.0 Å². The van der Waals surface area contributed by atoms with Crippen molar-refractivity contribution in [2.24, 2.45) is 5.41 Å². The zero-order chi connectivity index (χ0) is 49.8. The number of hydrogen-bond acceptors (Lipinski definition) is 9. The van der Waals surface area contributed by atoms with Gasteiger partial charge in [-0.3, -0.25) is 23.9 Å². The molecule has 0 spiro atoms. The van der Waals surface area contributed by atoms with Crippen molar-refractivity contribution >= 4 is 67.8 Å². The van der Waals surface area contributed by atoms with Crippen LogP contribution in [0.3, 0.4) is 0 Å².